The van der Waals surface area contributed by atoms with Crippen LogP contribution in [0.3, 0.4) is 0 Å². The molecular formula is C31H31ClFN7O5. The molecule has 1 aliphatic carbocycles. The second kappa shape index (κ2) is 12.0. The Labute approximate surface area is 262 Å². The second-order valence-corrected chi connectivity index (χ2v) is 11.8. The van der Waals surface area contributed by atoms with E-state index in [0.717, 1.165) is 25.0 Å². The average molecular weight is 636 g/mol. The monoisotopic (exact) mass is 635 g/mol. The molecule has 0 atom stereocenters. The molecule has 1 fully saturated rings. The summed E-state index contributed by atoms with van der Waals surface area (Å²) in [4.78, 5) is 46.9. The number of carbonyl (C=O) groups excluding carboxylic acids is 3. The van der Waals surface area contributed by atoms with E-state index in [9.17, 15) is 14.4 Å². The molecule has 12 nitrogen and oxygen atoms in total. The maximum Gasteiger partial charge on any atom is 0.517 e. The highest BCUT2D eigenvalue weighted by molar-refractivity contribution is 6.36. The first-order valence-corrected chi connectivity index (χ1v) is 14.9. The van der Waals surface area contributed by atoms with Crippen molar-refractivity contribution in [1.29, 1.82) is 0 Å². The van der Waals surface area contributed by atoms with Crippen molar-refractivity contribution in [3.05, 3.63) is 58.9 Å². The van der Waals surface area contributed by atoms with Gasteiger partial charge in [-0.25, -0.2) is 19.0 Å². The maximum absolute atomic E-state index is 15.6. The molecule has 0 unspecified atom stereocenters. The number of nitrogens with one attached hydrogen (secondary N) is 2. The number of rotatable bonds is 7. The van der Waals surface area contributed by atoms with Crippen LogP contribution in [0.5, 0.6) is 0 Å². The molecule has 0 bridgehead atoms. The van der Waals surface area contributed by atoms with E-state index in [0.29, 0.717) is 46.5 Å². The third kappa shape index (κ3) is 5.99. The molecule has 1 aliphatic heterocycles. The van der Waals surface area contributed by atoms with Gasteiger partial charge in [-0.1, -0.05) is 24.9 Å². The van der Waals surface area contributed by atoms with Gasteiger partial charge >= 0.3 is 12.2 Å². The number of nitrogens with zero attached hydrogens (tertiary/aromatic N) is 5. The summed E-state index contributed by atoms with van der Waals surface area (Å²) in [6.45, 7) is 4.57. The number of amides is 2. The van der Waals surface area contributed by atoms with Crippen LogP contribution >= 0.6 is 11.6 Å². The predicted octanol–water partition coefficient (Wildman–Crippen LogP) is 6.33. The molecule has 2 amide bonds. The van der Waals surface area contributed by atoms with E-state index in [1.165, 1.54) is 18.6 Å². The summed E-state index contributed by atoms with van der Waals surface area (Å²) in [6, 6.07) is 5.31. The molecule has 2 N–H and O–H groups in total. The lowest BCUT2D eigenvalue weighted by molar-refractivity contribution is -0.130. The van der Waals surface area contributed by atoms with Crippen LogP contribution < -0.4 is 10.6 Å². The predicted molar refractivity (Wildman–Crippen MR) is 165 cm³/mol. The lowest BCUT2D eigenvalue weighted by Gasteiger charge is -2.18. The third-order valence-corrected chi connectivity index (χ3v) is 8.59. The number of aromatic nitrogens is 4. The SMILES string of the molecule is CCCCOC(=O)OC(=O)Nc1cncc(-c2cc3cc(Nc4cc5n(n4)CC(=O)N(C)CC54CC4)ncc3c(Cl)c2F)c1C. The average Bonchev–Trinajstić information content (AvgIpc) is 3.68. The first-order valence-electron chi connectivity index (χ1n) is 14.6. The minimum absolute atomic E-state index is 0.00793. The number of benzene rings is 1. The molecular weight excluding hydrogens is 605 g/mol. The highest BCUT2D eigenvalue weighted by atomic mass is 35.5. The fourth-order valence-electron chi connectivity index (χ4n) is 5.55. The molecule has 2 aliphatic rings. The van der Waals surface area contributed by atoms with Gasteiger partial charge < -0.3 is 19.7 Å². The Morgan fingerprint density at radius 1 is 1.13 bits per heavy atom. The lowest BCUT2D eigenvalue weighted by atomic mass is 9.98. The first-order chi connectivity index (χ1) is 21.6. The van der Waals surface area contributed by atoms with Crippen LogP contribution in [-0.4, -0.2) is 63.0 Å². The van der Waals surface area contributed by atoms with Crippen molar-refractivity contribution in [2.75, 3.05) is 30.8 Å². The number of carbonyl (C=O) groups is 3. The summed E-state index contributed by atoms with van der Waals surface area (Å²) in [5.74, 6) is 0.331. The largest absolute Gasteiger partial charge is 0.517 e. The van der Waals surface area contributed by atoms with Crippen molar-refractivity contribution < 1.29 is 28.2 Å². The van der Waals surface area contributed by atoms with E-state index in [1.807, 2.05) is 20.0 Å². The summed E-state index contributed by atoms with van der Waals surface area (Å²) < 4.78 is 26.9. The summed E-state index contributed by atoms with van der Waals surface area (Å²) in [5, 5.41) is 11.2. The van der Waals surface area contributed by atoms with Crippen molar-refractivity contribution in [3.8, 4) is 11.1 Å². The van der Waals surface area contributed by atoms with E-state index in [2.05, 4.69) is 30.4 Å². The van der Waals surface area contributed by atoms with Gasteiger partial charge in [0.05, 0.1) is 23.5 Å². The van der Waals surface area contributed by atoms with Gasteiger partial charge in [-0.2, -0.15) is 5.10 Å². The molecule has 4 aromatic rings. The van der Waals surface area contributed by atoms with Gasteiger partial charge in [0.15, 0.2) is 5.82 Å². The Morgan fingerprint density at radius 3 is 2.69 bits per heavy atom. The molecule has 234 valence electrons. The molecule has 4 heterocycles. The van der Waals surface area contributed by atoms with Crippen molar-refractivity contribution in [2.45, 2.75) is 51.5 Å². The van der Waals surface area contributed by atoms with Crippen LogP contribution in [0.1, 0.15) is 43.9 Å². The Kier molecular flexibility index (Phi) is 8.04. The Morgan fingerprint density at radius 2 is 1.93 bits per heavy atom. The Bertz CT molecular complexity index is 1840. The molecule has 1 aromatic carbocycles. The van der Waals surface area contributed by atoms with E-state index < -0.39 is 18.1 Å². The zero-order valence-electron chi connectivity index (χ0n) is 24.9. The van der Waals surface area contributed by atoms with Gasteiger partial charge in [-0.3, -0.25) is 19.8 Å². The number of hydrogen-bond donors (Lipinski definition) is 2. The summed E-state index contributed by atoms with van der Waals surface area (Å²) in [5.41, 5.74) is 2.14. The molecule has 3 aromatic heterocycles. The normalized spacial score (nSPS) is 15.0. The molecule has 0 radical (unpaired) electrons. The number of halogens is 2. The second-order valence-electron chi connectivity index (χ2n) is 11.4. The first kappa shape index (κ1) is 30.3. The van der Waals surface area contributed by atoms with Gasteiger partial charge in [0.1, 0.15) is 18.2 Å². The smallest absolute Gasteiger partial charge is 0.434 e. The van der Waals surface area contributed by atoms with Crippen molar-refractivity contribution >= 4 is 57.9 Å². The summed E-state index contributed by atoms with van der Waals surface area (Å²) in [6.07, 6.45) is 5.56. The van der Waals surface area contributed by atoms with Gasteiger partial charge in [0, 0.05) is 59.7 Å². The van der Waals surface area contributed by atoms with Crippen LogP contribution in [0.25, 0.3) is 21.9 Å². The maximum atomic E-state index is 15.6. The molecule has 1 spiro atoms. The molecule has 1 saturated carbocycles. The zero-order valence-corrected chi connectivity index (χ0v) is 25.7. The molecule has 14 heteroatoms. The number of hydrogen-bond acceptors (Lipinski definition) is 9. The van der Waals surface area contributed by atoms with E-state index in [1.54, 1.807) is 28.6 Å². The fraction of sp³-hybridized carbons (Fsp3) is 0.355. The number of unbranched alkanes of at least 4 members (excludes halogenated alkanes) is 1. The third-order valence-electron chi connectivity index (χ3n) is 8.22. The number of likely N-dealkylation sites (N-methyl/N-ethyl adjacent to an activating group) is 1. The van der Waals surface area contributed by atoms with E-state index in [-0.39, 0.29) is 40.7 Å². The number of pyridine rings is 2. The lowest BCUT2D eigenvalue weighted by Crippen LogP contribution is -2.32. The minimum Gasteiger partial charge on any atom is -0.434 e. The topological polar surface area (TPSA) is 141 Å². The van der Waals surface area contributed by atoms with Crippen molar-refractivity contribution in [2.24, 2.45) is 0 Å². The van der Waals surface area contributed by atoms with E-state index in [4.69, 9.17) is 16.3 Å². The van der Waals surface area contributed by atoms with Crippen LogP contribution in [-0.2, 0) is 26.2 Å². The molecule has 0 saturated heterocycles. The molecule has 45 heavy (non-hydrogen) atoms. The minimum atomic E-state index is -1.12. The Hall–Kier alpha value is -4.78. The van der Waals surface area contributed by atoms with Crippen LogP contribution in [0.4, 0.5) is 31.3 Å². The quantitative estimate of drug-likeness (QED) is 0.135. The van der Waals surface area contributed by atoms with Crippen LogP contribution in [0, 0.1) is 12.7 Å². The van der Waals surface area contributed by atoms with E-state index >= 15 is 4.39 Å². The van der Waals surface area contributed by atoms with Crippen molar-refractivity contribution in [3.63, 3.8) is 0 Å². The standard InChI is InChI=1S/C31H31ClFN7O5/c1-4-5-8-44-30(43)45-29(42)36-22-14-34-12-20(17(22)2)19-9-18-10-24(35-13-21(18)27(32)28(19)33)37-25-11-23-31(6-7-31)16-39(3)26(41)15-40(23)38-25/h9-14H,4-8,15-16H2,1-3H3,(H,36,42)(H,35,37,38). The van der Waals surface area contributed by atoms with Gasteiger partial charge in [0.2, 0.25) is 5.91 Å². The van der Waals surface area contributed by atoms with Crippen LogP contribution in [0.2, 0.25) is 5.02 Å². The van der Waals surface area contributed by atoms with Crippen molar-refractivity contribution in [1.82, 2.24) is 24.6 Å². The zero-order chi connectivity index (χ0) is 31.9. The van der Waals surface area contributed by atoms with Gasteiger partial charge in [-0.15, -0.1) is 0 Å². The number of fused-ring (bicyclic) bond motifs is 3. The van der Waals surface area contributed by atoms with Crippen LogP contribution in [0.15, 0.2) is 36.8 Å². The Balaban J connectivity index is 1.26. The van der Waals surface area contributed by atoms with Gasteiger partial charge in [-0.05, 0) is 49.3 Å². The number of anilines is 3. The highest BCUT2D eigenvalue weighted by Gasteiger charge is 2.50. The number of ether oxygens (including phenoxy) is 2. The summed E-state index contributed by atoms with van der Waals surface area (Å²) in [7, 11) is 1.82. The summed E-state index contributed by atoms with van der Waals surface area (Å²) >= 11 is 6.48. The fourth-order valence-corrected chi connectivity index (χ4v) is 5.81. The van der Waals surface area contributed by atoms with Gasteiger partial charge in [0.25, 0.3) is 0 Å². The molecule has 6 rings (SSSR count). The highest BCUT2D eigenvalue weighted by Crippen LogP contribution is 2.50.